The molecule has 0 bridgehead atoms. The Balaban J connectivity index is 1.87. The Labute approximate surface area is 116 Å². The average Bonchev–Trinajstić information content (AvgIpc) is 2.41. The lowest BCUT2D eigenvalue weighted by molar-refractivity contribution is 0.269. The Hall–Kier alpha value is -1.46. The molecule has 1 aliphatic rings. The van der Waals surface area contributed by atoms with Gasteiger partial charge in [-0.1, -0.05) is 37.5 Å². The summed E-state index contributed by atoms with van der Waals surface area (Å²) in [6.07, 6.45) is 10.0. The summed E-state index contributed by atoms with van der Waals surface area (Å²) in [5.41, 5.74) is 1.33. The largest absolute Gasteiger partial charge is 0.496 e. The van der Waals surface area contributed by atoms with Gasteiger partial charge >= 0.3 is 0 Å². The lowest BCUT2D eigenvalue weighted by Gasteiger charge is -2.38. The fourth-order valence-electron chi connectivity index (χ4n) is 2.80. The molecule has 2 heteroatoms. The first-order valence-corrected chi connectivity index (χ1v) is 7.13. The molecule has 19 heavy (non-hydrogen) atoms. The highest BCUT2D eigenvalue weighted by Crippen LogP contribution is 2.41. The van der Waals surface area contributed by atoms with Gasteiger partial charge in [-0.2, -0.15) is 0 Å². The summed E-state index contributed by atoms with van der Waals surface area (Å²) >= 11 is 0. The zero-order valence-electron chi connectivity index (χ0n) is 11.9. The molecule has 1 fully saturated rings. The molecule has 2 nitrogen and oxygen atoms in total. The predicted molar refractivity (Wildman–Crippen MR) is 79.4 cm³/mol. The van der Waals surface area contributed by atoms with Crippen molar-refractivity contribution in [2.45, 2.75) is 50.6 Å². The van der Waals surface area contributed by atoms with Gasteiger partial charge in [-0.25, -0.2) is 0 Å². The van der Waals surface area contributed by atoms with E-state index in [4.69, 9.17) is 11.2 Å². The Kier molecular flexibility index (Phi) is 4.87. The van der Waals surface area contributed by atoms with Gasteiger partial charge < -0.3 is 10.1 Å². The molecule has 1 N–H and O–H groups in total. The fraction of sp³-hybridized carbons (Fsp3) is 0.529. The molecule has 1 aliphatic carbocycles. The molecule has 1 aromatic rings. The van der Waals surface area contributed by atoms with Crippen LogP contribution in [0.4, 0.5) is 0 Å². The van der Waals surface area contributed by atoms with Crippen LogP contribution in [0.3, 0.4) is 0 Å². The molecule has 0 aliphatic heterocycles. The summed E-state index contributed by atoms with van der Waals surface area (Å²) in [6, 6.07) is 9.10. The number of para-hydroxylation sites is 1. The Bertz CT molecular complexity index is 443. The zero-order valence-corrected chi connectivity index (χ0v) is 11.9. The second-order valence-electron chi connectivity index (χ2n) is 5.28. The first-order valence-electron chi connectivity index (χ1n) is 7.13. The maximum Gasteiger partial charge on any atom is 0.122 e. The third kappa shape index (κ3) is 3.30. The quantitative estimate of drug-likeness (QED) is 0.789. The van der Waals surface area contributed by atoms with E-state index >= 15 is 0 Å². The third-order valence-corrected chi connectivity index (χ3v) is 3.93. The number of benzene rings is 1. The van der Waals surface area contributed by atoms with Gasteiger partial charge in [0.1, 0.15) is 5.75 Å². The van der Waals surface area contributed by atoms with Crippen LogP contribution in [0.25, 0.3) is 0 Å². The van der Waals surface area contributed by atoms with Crippen molar-refractivity contribution in [1.29, 1.82) is 0 Å². The van der Waals surface area contributed by atoms with Crippen molar-refractivity contribution in [3.05, 3.63) is 29.8 Å². The highest BCUT2D eigenvalue weighted by Gasteiger charge is 2.32. The SMILES string of the molecule is C#CC(CCC)NC1CC(c2ccccc2OC)C1. The van der Waals surface area contributed by atoms with Crippen molar-refractivity contribution in [1.82, 2.24) is 5.32 Å². The van der Waals surface area contributed by atoms with Crippen LogP contribution in [-0.4, -0.2) is 19.2 Å². The lowest BCUT2D eigenvalue weighted by Crippen LogP contribution is -2.45. The number of ether oxygens (including phenoxy) is 1. The van der Waals surface area contributed by atoms with E-state index in [0.29, 0.717) is 12.0 Å². The molecular weight excluding hydrogens is 234 g/mol. The molecule has 0 aromatic heterocycles. The summed E-state index contributed by atoms with van der Waals surface area (Å²) in [5.74, 6) is 4.46. The van der Waals surface area contributed by atoms with E-state index in [-0.39, 0.29) is 6.04 Å². The summed E-state index contributed by atoms with van der Waals surface area (Å²) in [7, 11) is 1.74. The monoisotopic (exact) mass is 257 g/mol. The van der Waals surface area contributed by atoms with E-state index in [2.05, 4.69) is 30.3 Å². The van der Waals surface area contributed by atoms with E-state index in [0.717, 1.165) is 31.4 Å². The minimum Gasteiger partial charge on any atom is -0.496 e. The van der Waals surface area contributed by atoms with Crippen LogP contribution < -0.4 is 10.1 Å². The van der Waals surface area contributed by atoms with Gasteiger partial charge in [0.25, 0.3) is 0 Å². The van der Waals surface area contributed by atoms with E-state index < -0.39 is 0 Å². The molecule has 1 unspecified atom stereocenters. The normalized spacial score (nSPS) is 23.2. The van der Waals surface area contributed by atoms with Crippen molar-refractivity contribution < 1.29 is 4.74 Å². The van der Waals surface area contributed by atoms with E-state index in [1.54, 1.807) is 7.11 Å². The summed E-state index contributed by atoms with van der Waals surface area (Å²) in [6.45, 7) is 2.17. The summed E-state index contributed by atoms with van der Waals surface area (Å²) < 4.78 is 5.43. The lowest BCUT2D eigenvalue weighted by atomic mass is 9.75. The van der Waals surface area contributed by atoms with Crippen molar-refractivity contribution in [3.8, 4) is 18.1 Å². The third-order valence-electron chi connectivity index (χ3n) is 3.93. The van der Waals surface area contributed by atoms with Crippen molar-refractivity contribution >= 4 is 0 Å². The molecule has 0 amide bonds. The van der Waals surface area contributed by atoms with Crippen LogP contribution in [0, 0.1) is 12.3 Å². The molecule has 1 aromatic carbocycles. The highest BCUT2D eigenvalue weighted by atomic mass is 16.5. The van der Waals surface area contributed by atoms with Gasteiger partial charge in [-0.05, 0) is 36.8 Å². The minimum absolute atomic E-state index is 0.230. The van der Waals surface area contributed by atoms with E-state index in [9.17, 15) is 0 Å². The van der Waals surface area contributed by atoms with Crippen molar-refractivity contribution in [3.63, 3.8) is 0 Å². The van der Waals surface area contributed by atoms with E-state index in [1.807, 2.05) is 12.1 Å². The maximum atomic E-state index is 5.54. The van der Waals surface area contributed by atoms with Gasteiger partial charge in [0, 0.05) is 6.04 Å². The number of terminal acetylenes is 1. The van der Waals surface area contributed by atoms with Gasteiger partial charge in [-0.3, -0.25) is 0 Å². The average molecular weight is 257 g/mol. The van der Waals surface area contributed by atoms with Gasteiger partial charge in [0.05, 0.1) is 13.2 Å². The Morgan fingerprint density at radius 1 is 1.42 bits per heavy atom. The number of hydrogen-bond acceptors (Lipinski definition) is 2. The fourth-order valence-corrected chi connectivity index (χ4v) is 2.80. The van der Waals surface area contributed by atoms with Crippen molar-refractivity contribution in [2.24, 2.45) is 0 Å². The molecule has 0 heterocycles. The molecule has 2 rings (SSSR count). The standard InChI is InChI=1S/C17H23NO/c1-4-8-14(5-2)18-15-11-13(12-15)16-9-6-7-10-17(16)19-3/h2,6-7,9-10,13-15,18H,4,8,11-12H2,1,3H3. The second kappa shape index (κ2) is 6.63. The first-order chi connectivity index (χ1) is 9.28. The topological polar surface area (TPSA) is 21.3 Å². The highest BCUT2D eigenvalue weighted by molar-refractivity contribution is 5.37. The van der Waals surface area contributed by atoms with Crippen LogP contribution in [0.2, 0.25) is 0 Å². The van der Waals surface area contributed by atoms with Crippen molar-refractivity contribution in [2.75, 3.05) is 7.11 Å². The Morgan fingerprint density at radius 3 is 2.79 bits per heavy atom. The number of hydrogen-bond donors (Lipinski definition) is 1. The van der Waals surface area contributed by atoms with Gasteiger partial charge in [-0.15, -0.1) is 6.42 Å². The molecule has 102 valence electrons. The van der Waals surface area contributed by atoms with Crippen LogP contribution in [0.5, 0.6) is 5.75 Å². The number of methoxy groups -OCH3 is 1. The summed E-state index contributed by atoms with van der Waals surface area (Å²) in [4.78, 5) is 0. The molecule has 0 saturated heterocycles. The smallest absolute Gasteiger partial charge is 0.122 e. The number of nitrogens with one attached hydrogen (secondary N) is 1. The first kappa shape index (κ1) is 14.0. The zero-order chi connectivity index (χ0) is 13.7. The van der Waals surface area contributed by atoms with Gasteiger partial charge in [0.2, 0.25) is 0 Å². The van der Waals surface area contributed by atoms with Crippen LogP contribution in [0.15, 0.2) is 24.3 Å². The minimum atomic E-state index is 0.230. The van der Waals surface area contributed by atoms with Gasteiger partial charge in [0.15, 0.2) is 0 Å². The maximum absolute atomic E-state index is 5.54. The number of rotatable bonds is 6. The van der Waals surface area contributed by atoms with Crippen LogP contribution in [0.1, 0.15) is 44.1 Å². The molecular formula is C17H23NO. The van der Waals surface area contributed by atoms with Crippen LogP contribution in [-0.2, 0) is 0 Å². The molecule has 1 atom stereocenters. The molecule has 0 spiro atoms. The van der Waals surface area contributed by atoms with E-state index in [1.165, 1.54) is 5.56 Å². The second-order valence-corrected chi connectivity index (χ2v) is 5.28. The van der Waals surface area contributed by atoms with Crippen LogP contribution >= 0.6 is 0 Å². The molecule has 0 radical (unpaired) electrons. The predicted octanol–water partition coefficient (Wildman–Crippen LogP) is 3.33. The molecule has 1 saturated carbocycles. The summed E-state index contributed by atoms with van der Waals surface area (Å²) in [5, 5.41) is 3.56. The Morgan fingerprint density at radius 2 is 2.16 bits per heavy atom.